The zero-order valence-electron chi connectivity index (χ0n) is 11.0. The number of carbonyl (C=O) groups is 1. The molecule has 4 nitrogen and oxygen atoms in total. The maximum atomic E-state index is 12.1. The maximum absolute atomic E-state index is 12.1. The van der Waals surface area contributed by atoms with Crippen LogP contribution in [0, 0.1) is 5.92 Å². The Hall–Kier alpha value is -1.81. The fourth-order valence-corrected chi connectivity index (χ4v) is 2.41. The number of likely N-dealkylation sites (tertiary alicyclic amines) is 1. The summed E-state index contributed by atoms with van der Waals surface area (Å²) in [5.74, 6) is 0.477. The predicted octanol–water partition coefficient (Wildman–Crippen LogP) is 1.63. The largest absolute Gasteiger partial charge is 0.508 e. The van der Waals surface area contributed by atoms with E-state index < -0.39 is 0 Å². The fourth-order valence-electron chi connectivity index (χ4n) is 2.41. The number of hydrogen-bond acceptors (Lipinski definition) is 3. The Morgan fingerprint density at radius 1 is 1.42 bits per heavy atom. The van der Waals surface area contributed by atoms with Crippen LogP contribution in [0.1, 0.15) is 18.9 Å². The monoisotopic (exact) mass is 261 g/mol. The highest BCUT2D eigenvalue weighted by atomic mass is 16.3. The van der Waals surface area contributed by atoms with Gasteiger partial charge in [-0.25, -0.2) is 0 Å². The van der Waals surface area contributed by atoms with Crippen molar-refractivity contribution in [1.82, 2.24) is 4.90 Å². The Labute approximate surface area is 113 Å². The molecule has 0 spiro atoms. The molecule has 1 aliphatic rings. The van der Waals surface area contributed by atoms with Gasteiger partial charge in [0, 0.05) is 12.6 Å². The van der Waals surface area contributed by atoms with Gasteiger partial charge in [-0.3, -0.25) is 4.79 Å². The number of hydrogen-bond donors (Lipinski definition) is 2. The van der Waals surface area contributed by atoms with Crippen LogP contribution in [-0.4, -0.2) is 40.2 Å². The SMILES string of the molecule is CC1CCN(C(=O)/C=C/c2ccc(O)cc2)C1CO. The number of amides is 1. The van der Waals surface area contributed by atoms with E-state index in [9.17, 15) is 15.0 Å². The van der Waals surface area contributed by atoms with Crippen LogP contribution >= 0.6 is 0 Å². The molecular formula is C15H19NO3. The predicted molar refractivity (Wildman–Crippen MR) is 73.5 cm³/mol. The third kappa shape index (κ3) is 3.15. The first-order valence-electron chi connectivity index (χ1n) is 6.50. The van der Waals surface area contributed by atoms with Gasteiger partial charge in [0.05, 0.1) is 12.6 Å². The molecule has 2 atom stereocenters. The quantitative estimate of drug-likeness (QED) is 0.813. The van der Waals surface area contributed by atoms with Crippen molar-refractivity contribution in [3.63, 3.8) is 0 Å². The van der Waals surface area contributed by atoms with Crippen LogP contribution in [0.15, 0.2) is 30.3 Å². The van der Waals surface area contributed by atoms with Crippen molar-refractivity contribution in [2.45, 2.75) is 19.4 Å². The van der Waals surface area contributed by atoms with Gasteiger partial charge in [0.1, 0.15) is 5.75 Å². The lowest BCUT2D eigenvalue weighted by Crippen LogP contribution is -2.38. The highest BCUT2D eigenvalue weighted by molar-refractivity contribution is 5.92. The van der Waals surface area contributed by atoms with Crippen LogP contribution in [0.4, 0.5) is 0 Å². The summed E-state index contributed by atoms with van der Waals surface area (Å²) in [6.07, 6.45) is 4.18. The molecule has 0 bridgehead atoms. The highest BCUT2D eigenvalue weighted by Crippen LogP contribution is 2.23. The van der Waals surface area contributed by atoms with Crippen molar-refractivity contribution < 1.29 is 15.0 Å². The van der Waals surface area contributed by atoms with E-state index in [1.54, 1.807) is 35.2 Å². The van der Waals surface area contributed by atoms with Crippen LogP contribution in [-0.2, 0) is 4.79 Å². The van der Waals surface area contributed by atoms with E-state index >= 15 is 0 Å². The normalized spacial score (nSPS) is 23.2. The van der Waals surface area contributed by atoms with E-state index in [-0.39, 0.29) is 24.3 Å². The van der Waals surface area contributed by atoms with Gasteiger partial charge in [-0.05, 0) is 36.1 Å². The average molecular weight is 261 g/mol. The summed E-state index contributed by atoms with van der Waals surface area (Å²) in [6, 6.07) is 6.58. The number of carbonyl (C=O) groups excluding carboxylic acids is 1. The van der Waals surface area contributed by atoms with Crippen LogP contribution in [0.2, 0.25) is 0 Å². The van der Waals surface area contributed by atoms with Crippen molar-refractivity contribution >= 4 is 12.0 Å². The van der Waals surface area contributed by atoms with Gasteiger partial charge in [-0.15, -0.1) is 0 Å². The summed E-state index contributed by atoms with van der Waals surface area (Å²) in [6.45, 7) is 2.77. The van der Waals surface area contributed by atoms with Gasteiger partial charge in [-0.1, -0.05) is 19.1 Å². The van der Waals surface area contributed by atoms with Gasteiger partial charge in [0.25, 0.3) is 0 Å². The third-order valence-corrected chi connectivity index (χ3v) is 3.66. The third-order valence-electron chi connectivity index (χ3n) is 3.66. The number of phenolic OH excluding ortho intramolecular Hbond substituents is 1. The van der Waals surface area contributed by atoms with Crippen LogP contribution in [0.3, 0.4) is 0 Å². The summed E-state index contributed by atoms with van der Waals surface area (Å²) in [5.41, 5.74) is 0.860. The van der Waals surface area contributed by atoms with Crippen LogP contribution < -0.4 is 0 Å². The molecule has 0 aliphatic carbocycles. The summed E-state index contributed by atoms with van der Waals surface area (Å²) in [7, 11) is 0. The Kier molecular flexibility index (Phi) is 4.22. The minimum Gasteiger partial charge on any atom is -0.508 e. The van der Waals surface area contributed by atoms with E-state index in [1.807, 2.05) is 0 Å². The number of benzene rings is 1. The van der Waals surface area contributed by atoms with Crippen molar-refractivity contribution in [2.24, 2.45) is 5.92 Å². The minimum absolute atomic E-state index is 0.0138. The first-order chi connectivity index (χ1) is 9.11. The first kappa shape index (κ1) is 13.6. The summed E-state index contributed by atoms with van der Waals surface area (Å²) in [5, 5.41) is 18.5. The molecule has 1 aromatic rings. The lowest BCUT2D eigenvalue weighted by molar-refractivity contribution is -0.127. The van der Waals surface area contributed by atoms with Crippen molar-refractivity contribution in [3.05, 3.63) is 35.9 Å². The summed E-state index contributed by atoms with van der Waals surface area (Å²) >= 11 is 0. The second-order valence-corrected chi connectivity index (χ2v) is 4.97. The second-order valence-electron chi connectivity index (χ2n) is 4.97. The molecule has 102 valence electrons. The van der Waals surface area contributed by atoms with Gasteiger partial charge < -0.3 is 15.1 Å². The number of nitrogens with zero attached hydrogens (tertiary/aromatic N) is 1. The van der Waals surface area contributed by atoms with Crippen molar-refractivity contribution in [2.75, 3.05) is 13.2 Å². The van der Waals surface area contributed by atoms with Gasteiger partial charge in [0.15, 0.2) is 0 Å². The average Bonchev–Trinajstić information content (AvgIpc) is 2.79. The molecule has 1 saturated heterocycles. The highest BCUT2D eigenvalue weighted by Gasteiger charge is 2.32. The molecule has 2 N–H and O–H groups in total. The molecule has 1 fully saturated rings. The molecular weight excluding hydrogens is 242 g/mol. The van der Waals surface area contributed by atoms with E-state index in [2.05, 4.69) is 6.92 Å². The Morgan fingerprint density at radius 2 is 2.11 bits per heavy atom. The van der Waals surface area contributed by atoms with E-state index in [0.717, 1.165) is 12.0 Å². The molecule has 2 rings (SSSR count). The first-order valence-corrected chi connectivity index (χ1v) is 6.50. The molecule has 1 aliphatic heterocycles. The zero-order valence-corrected chi connectivity index (χ0v) is 11.0. The summed E-state index contributed by atoms with van der Waals surface area (Å²) in [4.78, 5) is 13.8. The van der Waals surface area contributed by atoms with Gasteiger partial charge in [-0.2, -0.15) is 0 Å². The molecule has 1 heterocycles. The topological polar surface area (TPSA) is 60.8 Å². The molecule has 2 unspecified atom stereocenters. The van der Waals surface area contributed by atoms with Crippen molar-refractivity contribution in [3.8, 4) is 5.75 Å². The fraction of sp³-hybridized carbons (Fsp3) is 0.400. The smallest absolute Gasteiger partial charge is 0.246 e. The van der Waals surface area contributed by atoms with Crippen LogP contribution in [0.5, 0.6) is 5.75 Å². The Bertz CT molecular complexity index is 467. The maximum Gasteiger partial charge on any atom is 0.246 e. The van der Waals surface area contributed by atoms with E-state index in [1.165, 1.54) is 6.08 Å². The number of rotatable bonds is 3. The van der Waals surface area contributed by atoms with Crippen LogP contribution in [0.25, 0.3) is 6.08 Å². The number of aromatic hydroxyl groups is 1. The molecule has 19 heavy (non-hydrogen) atoms. The van der Waals surface area contributed by atoms with Crippen molar-refractivity contribution in [1.29, 1.82) is 0 Å². The second kappa shape index (κ2) is 5.89. The number of aliphatic hydroxyl groups is 1. The summed E-state index contributed by atoms with van der Waals surface area (Å²) < 4.78 is 0. The van der Waals surface area contributed by atoms with E-state index in [0.29, 0.717) is 12.5 Å². The molecule has 0 saturated carbocycles. The van der Waals surface area contributed by atoms with E-state index in [4.69, 9.17) is 0 Å². The molecule has 1 amide bonds. The molecule has 4 heteroatoms. The minimum atomic E-state index is -0.0727. The van der Waals surface area contributed by atoms with Gasteiger partial charge >= 0.3 is 0 Å². The van der Waals surface area contributed by atoms with Gasteiger partial charge in [0.2, 0.25) is 5.91 Å². The standard InChI is InChI=1S/C15H19NO3/c1-11-8-9-16(14(11)10-17)15(19)7-4-12-2-5-13(18)6-3-12/h2-7,11,14,17-18H,8-10H2,1H3/b7-4+. The Morgan fingerprint density at radius 3 is 2.74 bits per heavy atom. The lowest BCUT2D eigenvalue weighted by Gasteiger charge is -2.23. The number of phenols is 1. The molecule has 0 radical (unpaired) electrons. The molecule has 1 aromatic carbocycles. The zero-order chi connectivity index (χ0) is 13.8. The molecule has 0 aromatic heterocycles. The lowest BCUT2D eigenvalue weighted by atomic mass is 10.0. The Balaban J connectivity index is 2.02. The number of aliphatic hydroxyl groups excluding tert-OH is 1.